The molecule has 3 heterocycles. The number of hydrogen-bond acceptors (Lipinski definition) is 5. The number of benzene rings is 2. The van der Waals surface area contributed by atoms with Crippen molar-refractivity contribution < 1.29 is 19.5 Å². The molecule has 3 unspecified atom stereocenters. The molecule has 3 fully saturated rings. The number of aliphatic hydroxyl groups is 1. The van der Waals surface area contributed by atoms with Gasteiger partial charge in [-0.3, -0.25) is 14.4 Å². The number of carbonyl (C=O) groups excluding carboxylic acids is 3. The Hall–Kier alpha value is -3.36. The molecule has 5 rings (SSSR count). The first-order valence-electron chi connectivity index (χ1n) is 15.2. The first-order valence-corrected chi connectivity index (χ1v) is 16.1. The van der Waals surface area contributed by atoms with Gasteiger partial charge in [-0.05, 0) is 49.3 Å². The van der Waals surface area contributed by atoms with E-state index in [9.17, 15) is 19.5 Å². The molecule has 3 amide bonds. The topological polar surface area (TPSA) is 81.2 Å². The average molecular weight is 602 g/mol. The first-order chi connectivity index (χ1) is 20.7. The highest BCUT2D eigenvalue weighted by Crippen LogP contribution is 2.69. The van der Waals surface area contributed by atoms with Gasteiger partial charge in [-0.25, -0.2) is 0 Å². The van der Waals surface area contributed by atoms with Crippen molar-refractivity contribution >= 4 is 35.2 Å². The molecule has 3 saturated heterocycles. The Labute approximate surface area is 259 Å². The zero-order valence-corrected chi connectivity index (χ0v) is 26.3. The van der Waals surface area contributed by atoms with Crippen LogP contribution in [0.25, 0.3) is 0 Å². The molecular formula is C35H43N3O4S. The van der Waals surface area contributed by atoms with Crippen molar-refractivity contribution in [2.45, 2.75) is 56.2 Å². The normalized spacial score (nSPS) is 27.2. The van der Waals surface area contributed by atoms with E-state index in [-0.39, 0.29) is 42.0 Å². The van der Waals surface area contributed by atoms with Crippen LogP contribution in [0.15, 0.2) is 73.8 Å². The van der Waals surface area contributed by atoms with Crippen molar-refractivity contribution in [3.63, 3.8) is 0 Å². The molecule has 2 aromatic carbocycles. The number of amides is 3. The highest BCUT2D eigenvalue weighted by Gasteiger charge is 2.76. The molecule has 0 aromatic heterocycles. The fourth-order valence-electron chi connectivity index (χ4n) is 7.76. The number of para-hydroxylation sites is 1. The average Bonchev–Trinajstić information content (AvgIpc) is 3.58. The van der Waals surface area contributed by atoms with Gasteiger partial charge in [0.05, 0.1) is 16.6 Å². The van der Waals surface area contributed by atoms with E-state index < -0.39 is 22.6 Å². The SMILES string of the molecule is C=CCN(Cc1ccccc1)C(=O)[C@@H]1[C@H]2C(=O)N(CCCO)C(C(=O)N(CC=C)c3c(C)cccc3C)C23S[C@@H]1CC3C. The minimum atomic E-state index is -0.750. The number of aryl methyl sites for hydroxylation is 2. The summed E-state index contributed by atoms with van der Waals surface area (Å²) in [4.78, 5) is 49.0. The third-order valence-corrected chi connectivity index (χ3v) is 11.6. The second-order valence-corrected chi connectivity index (χ2v) is 13.7. The maximum absolute atomic E-state index is 14.9. The number of thioether (sulfide) groups is 1. The summed E-state index contributed by atoms with van der Waals surface area (Å²) in [5.74, 6) is -1.44. The number of hydrogen-bond donors (Lipinski definition) is 1. The van der Waals surface area contributed by atoms with Crippen LogP contribution in [-0.4, -0.2) is 74.9 Å². The van der Waals surface area contributed by atoms with Gasteiger partial charge in [0, 0.05) is 43.7 Å². The van der Waals surface area contributed by atoms with E-state index in [0.717, 1.165) is 28.8 Å². The van der Waals surface area contributed by atoms with E-state index in [4.69, 9.17) is 0 Å². The number of carbonyl (C=O) groups is 3. The van der Waals surface area contributed by atoms with Gasteiger partial charge in [0.15, 0.2) is 0 Å². The van der Waals surface area contributed by atoms with Gasteiger partial charge in [0.25, 0.3) is 5.91 Å². The molecule has 7 nitrogen and oxygen atoms in total. The minimum absolute atomic E-state index is 0.0529. The molecular weight excluding hydrogens is 558 g/mol. The van der Waals surface area contributed by atoms with Crippen LogP contribution >= 0.6 is 11.8 Å². The van der Waals surface area contributed by atoms with E-state index in [1.807, 2.05) is 62.4 Å². The van der Waals surface area contributed by atoms with Crippen molar-refractivity contribution in [3.8, 4) is 0 Å². The Kier molecular flexibility index (Phi) is 9.18. The lowest BCUT2D eigenvalue weighted by atomic mass is 9.65. The van der Waals surface area contributed by atoms with E-state index >= 15 is 0 Å². The van der Waals surface area contributed by atoms with Gasteiger partial charge in [-0.1, -0.05) is 67.6 Å². The molecule has 43 heavy (non-hydrogen) atoms. The summed E-state index contributed by atoms with van der Waals surface area (Å²) < 4.78 is -0.739. The molecule has 2 bridgehead atoms. The van der Waals surface area contributed by atoms with Crippen LogP contribution in [0.4, 0.5) is 5.69 Å². The second kappa shape index (κ2) is 12.7. The van der Waals surface area contributed by atoms with E-state index in [1.54, 1.807) is 38.6 Å². The second-order valence-electron chi connectivity index (χ2n) is 12.1. The van der Waals surface area contributed by atoms with E-state index in [2.05, 4.69) is 20.1 Å². The number of anilines is 1. The molecule has 1 spiro atoms. The fraction of sp³-hybridized carbons (Fsp3) is 0.457. The van der Waals surface area contributed by atoms with Crippen molar-refractivity contribution in [1.29, 1.82) is 0 Å². The van der Waals surface area contributed by atoms with E-state index in [0.29, 0.717) is 26.1 Å². The standard InChI is InChI=1S/C35H43N3O4S/c1-6-17-36(22-26-15-9-8-10-16-26)32(40)28-27-21-25(5)35(43-27)29(28)33(41)38(19-12-20-39)31(35)34(42)37(18-7-2)30-23(3)13-11-14-24(30)4/h6-11,13-16,25,27-29,31,39H,1-2,12,17-22H2,3-5H3/t25?,27-,28+,29+,31?,35?/m1/s1. The van der Waals surface area contributed by atoms with Crippen molar-refractivity contribution in [3.05, 3.63) is 90.5 Å². The summed E-state index contributed by atoms with van der Waals surface area (Å²) >= 11 is 1.68. The van der Waals surface area contributed by atoms with Gasteiger partial charge >= 0.3 is 0 Å². The molecule has 228 valence electrons. The predicted molar refractivity (Wildman–Crippen MR) is 173 cm³/mol. The Morgan fingerprint density at radius 2 is 1.72 bits per heavy atom. The molecule has 3 aliphatic rings. The number of likely N-dealkylation sites (tertiary alicyclic amines) is 1. The Morgan fingerprint density at radius 3 is 2.35 bits per heavy atom. The Balaban J connectivity index is 1.57. The summed E-state index contributed by atoms with van der Waals surface area (Å²) in [6.07, 6.45) is 4.58. The summed E-state index contributed by atoms with van der Waals surface area (Å²) in [5, 5.41) is 9.70. The Morgan fingerprint density at radius 1 is 1.05 bits per heavy atom. The zero-order chi connectivity index (χ0) is 30.9. The minimum Gasteiger partial charge on any atom is -0.396 e. The first kappa shape index (κ1) is 31.1. The van der Waals surface area contributed by atoms with Crippen LogP contribution in [0, 0.1) is 31.6 Å². The van der Waals surface area contributed by atoms with Crippen molar-refractivity contribution in [2.75, 3.05) is 31.1 Å². The third-order valence-electron chi connectivity index (χ3n) is 9.49. The smallest absolute Gasteiger partial charge is 0.251 e. The van der Waals surface area contributed by atoms with Gasteiger partial charge in [0.2, 0.25) is 11.8 Å². The molecule has 1 N–H and O–H groups in total. The molecule has 8 heteroatoms. The van der Waals surface area contributed by atoms with Gasteiger partial charge < -0.3 is 19.8 Å². The van der Waals surface area contributed by atoms with Crippen molar-refractivity contribution in [2.24, 2.45) is 17.8 Å². The van der Waals surface area contributed by atoms with Crippen molar-refractivity contribution in [1.82, 2.24) is 9.80 Å². The maximum atomic E-state index is 14.9. The van der Waals surface area contributed by atoms with Crippen LogP contribution in [0.5, 0.6) is 0 Å². The van der Waals surface area contributed by atoms with Gasteiger partial charge in [0.1, 0.15) is 6.04 Å². The van der Waals surface area contributed by atoms with Gasteiger partial charge in [-0.2, -0.15) is 0 Å². The van der Waals surface area contributed by atoms with Crippen LogP contribution in [0.3, 0.4) is 0 Å². The highest BCUT2D eigenvalue weighted by molar-refractivity contribution is 8.02. The summed E-state index contributed by atoms with van der Waals surface area (Å²) in [6, 6.07) is 15.1. The van der Waals surface area contributed by atoms with E-state index in [1.165, 1.54) is 0 Å². The number of fused-ring (bicyclic) bond motifs is 1. The highest BCUT2D eigenvalue weighted by atomic mass is 32.2. The monoisotopic (exact) mass is 601 g/mol. The summed E-state index contributed by atoms with van der Waals surface area (Å²) in [6.45, 7) is 15.2. The number of aliphatic hydroxyl groups excluding tert-OH is 1. The molecule has 6 atom stereocenters. The lowest BCUT2D eigenvalue weighted by Crippen LogP contribution is -2.58. The molecule has 0 aliphatic carbocycles. The van der Waals surface area contributed by atoms with Crippen LogP contribution < -0.4 is 4.90 Å². The Bertz CT molecular complexity index is 1380. The summed E-state index contributed by atoms with van der Waals surface area (Å²) in [7, 11) is 0. The number of nitrogens with zero attached hydrogens (tertiary/aromatic N) is 3. The molecule has 2 aromatic rings. The predicted octanol–water partition coefficient (Wildman–Crippen LogP) is 4.76. The molecule has 0 saturated carbocycles. The van der Waals surface area contributed by atoms with Crippen LogP contribution in [-0.2, 0) is 20.9 Å². The zero-order valence-electron chi connectivity index (χ0n) is 25.4. The molecule has 0 radical (unpaired) electrons. The lowest BCUT2D eigenvalue weighted by Gasteiger charge is -2.41. The van der Waals surface area contributed by atoms with Gasteiger partial charge in [-0.15, -0.1) is 24.9 Å². The largest absolute Gasteiger partial charge is 0.396 e. The lowest BCUT2D eigenvalue weighted by molar-refractivity contribution is -0.144. The fourth-order valence-corrected chi connectivity index (χ4v) is 10.2. The number of rotatable bonds is 12. The van der Waals surface area contributed by atoms with Crippen LogP contribution in [0.2, 0.25) is 0 Å². The van der Waals surface area contributed by atoms with Crippen LogP contribution in [0.1, 0.15) is 36.5 Å². The molecule has 3 aliphatic heterocycles. The third kappa shape index (κ3) is 5.22. The maximum Gasteiger partial charge on any atom is 0.251 e. The summed E-state index contributed by atoms with van der Waals surface area (Å²) in [5.41, 5.74) is 3.79. The quantitative estimate of drug-likeness (QED) is 0.355.